The monoisotopic (exact) mass is 181 g/mol. The zero-order chi connectivity index (χ0) is 9.26. The number of aromatic hydroxyl groups is 1. The minimum Gasteiger partial charge on any atom is -0.508 e. The molecule has 0 radical (unpaired) electrons. The third-order valence-electron chi connectivity index (χ3n) is 2.45. The highest BCUT2D eigenvalue weighted by molar-refractivity contribution is 5.34. The number of phenolic OH excluding ortho intramolecular Hbond substituents is 1. The molecule has 0 spiro atoms. The molecule has 0 aromatic heterocycles. The van der Waals surface area contributed by atoms with E-state index in [1.165, 1.54) is 6.07 Å². The summed E-state index contributed by atoms with van der Waals surface area (Å²) in [5.74, 6) is 0.0451. The van der Waals surface area contributed by atoms with E-state index in [2.05, 4.69) is 5.32 Å². The number of para-hydroxylation sites is 1. The molecule has 2 atom stereocenters. The van der Waals surface area contributed by atoms with Crippen LogP contribution in [0.2, 0.25) is 0 Å². The van der Waals surface area contributed by atoms with Crippen molar-refractivity contribution in [2.24, 2.45) is 0 Å². The lowest BCUT2D eigenvalue weighted by molar-refractivity contribution is 0.190. The highest BCUT2D eigenvalue weighted by Gasteiger charge is 2.29. The first-order valence-corrected chi connectivity index (χ1v) is 4.44. The van der Waals surface area contributed by atoms with Gasteiger partial charge in [-0.3, -0.25) is 0 Å². The van der Waals surface area contributed by atoms with Gasteiger partial charge in [-0.2, -0.15) is 0 Å². The lowest BCUT2D eigenvalue weighted by Gasteiger charge is -2.30. The fourth-order valence-corrected chi connectivity index (χ4v) is 1.50. The maximum atomic E-state index is 13.6. The van der Waals surface area contributed by atoms with Gasteiger partial charge in [-0.05, 0) is 19.0 Å². The minimum atomic E-state index is -1.09. The van der Waals surface area contributed by atoms with Gasteiger partial charge in [0.1, 0.15) is 11.9 Å². The van der Waals surface area contributed by atoms with Gasteiger partial charge in [0.25, 0.3) is 0 Å². The van der Waals surface area contributed by atoms with Crippen LogP contribution in [0.5, 0.6) is 5.75 Å². The highest BCUT2D eigenvalue weighted by Crippen LogP contribution is 2.32. The van der Waals surface area contributed by atoms with E-state index in [0.717, 1.165) is 13.0 Å². The number of hydrogen-bond donors (Lipinski definition) is 2. The Morgan fingerprint density at radius 3 is 2.69 bits per heavy atom. The Labute approximate surface area is 76.4 Å². The van der Waals surface area contributed by atoms with Gasteiger partial charge < -0.3 is 10.4 Å². The van der Waals surface area contributed by atoms with Crippen molar-refractivity contribution in [3.05, 3.63) is 29.8 Å². The average Bonchev–Trinajstić information content (AvgIpc) is 2.01. The number of hydrogen-bond acceptors (Lipinski definition) is 2. The van der Waals surface area contributed by atoms with Crippen molar-refractivity contribution >= 4 is 0 Å². The standard InChI is InChI=1S/C10H12FNO/c11-10(8-5-6-12-8)7-3-1-2-4-9(7)13/h1-4,8,10,12-13H,5-6H2. The predicted octanol–water partition coefficient (Wildman–Crippen LogP) is 1.76. The summed E-state index contributed by atoms with van der Waals surface area (Å²) in [5.41, 5.74) is 0.389. The van der Waals surface area contributed by atoms with Crippen LogP contribution in [0.25, 0.3) is 0 Å². The Kier molecular flexibility index (Phi) is 2.19. The normalized spacial score (nSPS) is 23.6. The van der Waals surface area contributed by atoms with Crippen molar-refractivity contribution in [3.63, 3.8) is 0 Å². The number of phenols is 1. The van der Waals surface area contributed by atoms with Crippen LogP contribution in [0, 0.1) is 0 Å². The number of benzene rings is 1. The first-order valence-electron chi connectivity index (χ1n) is 4.44. The Bertz CT molecular complexity index is 299. The summed E-state index contributed by atoms with van der Waals surface area (Å²) < 4.78 is 13.6. The maximum absolute atomic E-state index is 13.6. The molecular formula is C10H12FNO. The fraction of sp³-hybridized carbons (Fsp3) is 0.400. The molecule has 1 aromatic rings. The Morgan fingerprint density at radius 1 is 1.46 bits per heavy atom. The van der Waals surface area contributed by atoms with E-state index in [0.29, 0.717) is 5.56 Å². The van der Waals surface area contributed by atoms with E-state index in [4.69, 9.17) is 0 Å². The van der Waals surface area contributed by atoms with E-state index in [9.17, 15) is 9.50 Å². The fourth-order valence-electron chi connectivity index (χ4n) is 1.50. The lowest BCUT2D eigenvalue weighted by atomic mass is 9.96. The van der Waals surface area contributed by atoms with Gasteiger partial charge in [0.2, 0.25) is 0 Å². The molecule has 1 aliphatic heterocycles. The van der Waals surface area contributed by atoms with Gasteiger partial charge in [0.15, 0.2) is 0 Å². The molecule has 0 aliphatic carbocycles. The van der Waals surface area contributed by atoms with Gasteiger partial charge in [-0.25, -0.2) is 4.39 Å². The van der Waals surface area contributed by atoms with Crippen LogP contribution < -0.4 is 5.32 Å². The molecule has 2 N–H and O–H groups in total. The summed E-state index contributed by atoms with van der Waals surface area (Å²) in [7, 11) is 0. The van der Waals surface area contributed by atoms with Crippen LogP contribution in [-0.2, 0) is 0 Å². The summed E-state index contributed by atoms with van der Waals surface area (Å²) in [6, 6.07) is 6.45. The van der Waals surface area contributed by atoms with E-state index >= 15 is 0 Å². The van der Waals surface area contributed by atoms with E-state index in [1.54, 1.807) is 18.2 Å². The molecule has 2 rings (SSSR count). The molecule has 0 saturated carbocycles. The van der Waals surface area contributed by atoms with Crippen molar-refractivity contribution < 1.29 is 9.50 Å². The average molecular weight is 181 g/mol. The lowest BCUT2D eigenvalue weighted by Crippen LogP contribution is -2.45. The molecule has 70 valence electrons. The van der Waals surface area contributed by atoms with Crippen LogP contribution in [0.3, 0.4) is 0 Å². The molecule has 2 nitrogen and oxygen atoms in total. The second-order valence-corrected chi connectivity index (χ2v) is 3.31. The molecular weight excluding hydrogens is 169 g/mol. The Morgan fingerprint density at radius 2 is 2.15 bits per heavy atom. The van der Waals surface area contributed by atoms with Crippen molar-refractivity contribution in [2.45, 2.75) is 18.6 Å². The van der Waals surface area contributed by atoms with Crippen LogP contribution in [0.1, 0.15) is 18.2 Å². The minimum absolute atomic E-state index is 0.0451. The first-order chi connectivity index (χ1) is 6.29. The molecule has 1 aromatic carbocycles. The zero-order valence-corrected chi connectivity index (χ0v) is 7.20. The summed E-state index contributed by atoms with van der Waals surface area (Å²) in [6.45, 7) is 0.874. The Hall–Kier alpha value is -1.09. The quantitative estimate of drug-likeness (QED) is 0.728. The van der Waals surface area contributed by atoms with Crippen molar-refractivity contribution in [2.75, 3.05) is 6.54 Å². The van der Waals surface area contributed by atoms with Crippen LogP contribution in [0.15, 0.2) is 24.3 Å². The summed E-state index contributed by atoms with van der Waals surface area (Å²) in [4.78, 5) is 0. The predicted molar refractivity (Wildman–Crippen MR) is 48.4 cm³/mol. The van der Waals surface area contributed by atoms with Crippen LogP contribution in [0.4, 0.5) is 4.39 Å². The maximum Gasteiger partial charge on any atom is 0.144 e. The first kappa shape index (κ1) is 8.51. The zero-order valence-electron chi connectivity index (χ0n) is 7.20. The molecule has 1 aliphatic rings. The number of alkyl halides is 1. The van der Waals surface area contributed by atoms with Gasteiger partial charge in [-0.15, -0.1) is 0 Å². The second kappa shape index (κ2) is 3.34. The molecule has 13 heavy (non-hydrogen) atoms. The van der Waals surface area contributed by atoms with Gasteiger partial charge in [0, 0.05) is 11.6 Å². The number of rotatable bonds is 2. The summed E-state index contributed by atoms with van der Waals surface area (Å²) >= 11 is 0. The molecule has 1 heterocycles. The van der Waals surface area contributed by atoms with Gasteiger partial charge >= 0.3 is 0 Å². The van der Waals surface area contributed by atoms with Crippen molar-refractivity contribution in [3.8, 4) is 5.75 Å². The smallest absolute Gasteiger partial charge is 0.144 e. The van der Waals surface area contributed by atoms with Crippen LogP contribution >= 0.6 is 0 Å². The Balaban J connectivity index is 2.18. The molecule has 0 bridgehead atoms. The van der Waals surface area contributed by atoms with Crippen LogP contribution in [-0.4, -0.2) is 17.7 Å². The number of halogens is 1. The van der Waals surface area contributed by atoms with E-state index in [1.807, 2.05) is 0 Å². The summed E-state index contributed by atoms with van der Waals surface area (Å²) in [6.07, 6.45) is -0.245. The molecule has 1 saturated heterocycles. The summed E-state index contributed by atoms with van der Waals surface area (Å²) in [5, 5.41) is 12.4. The molecule has 3 heteroatoms. The molecule has 0 amide bonds. The van der Waals surface area contributed by atoms with Crippen molar-refractivity contribution in [1.82, 2.24) is 5.32 Å². The third-order valence-corrected chi connectivity index (χ3v) is 2.45. The largest absolute Gasteiger partial charge is 0.508 e. The molecule has 1 fully saturated rings. The second-order valence-electron chi connectivity index (χ2n) is 3.31. The number of nitrogens with one attached hydrogen (secondary N) is 1. The van der Waals surface area contributed by atoms with Crippen molar-refractivity contribution in [1.29, 1.82) is 0 Å². The van der Waals surface area contributed by atoms with Gasteiger partial charge in [-0.1, -0.05) is 18.2 Å². The third kappa shape index (κ3) is 1.52. The van der Waals surface area contributed by atoms with E-state index < -0.39 is 6.17 Å². The topological polar surface area (TPSA) is 32.3 Å². The van der Waals surface area contributed by atoms with Gasteiger partial charge in [0.05, 0.1) is 0 Å². The highest BCUT2D eigenvalue weighted by atomic mass is 19.1. The SMILES string of the molecule is Oc1ccccc1C(F)C1CCN1. The van der Waals surface area contributed by atoms with E-state index in [-0.39, 0.29) is 11.8 Å². The molecule has 2 unspecified atom stereocenters.